The first-order valence-corrected chi connectivity index (χ1v) is 9.53. The Labute approximate surface area is 169 Å². The number of methoxy groups -OCH3 is 1. The van der Waals surface area contributed by atoms with E-state index in [0.717, 1.165) is 22.2 Å². The molecule has 0 unspecified atom stereocenters. The maximum atomic E-state index is 12.2. The number of hydrogen-bond acceptors (Lipinski definition) is 5. The molecule has 0 heterocycles. The van der Waals surface area contributed by atoms with Gasteiger partial charge in [-0.15, -0.1) is 0 Å². The molecule has 2 rings (SSSR count). The van der Waals surface area contributed by atoms with Crippen molar-refractivity contribution in [3.05, 3.63) is 54.1 Å². The molecular weight excluding hydrogens is 376 g/mol. The van der Waals surface area contributed by atoms with Crippen molar-refractivity contribution in [2.45, 2.75) is 11.8 Å². The number of benzene rings is 2. The molecule has 2 aromatic rings. The molecule has 28 heavy (non-hydrogen) atoms. The van der Waals surface area contributed by atoms with E-state index in [1.54, 1.807) is 57.6 Å². The van der Waals surface area contributed by atoms with Crippen LogP contribution in [-0.2, 0) is 4.79 Å². The van der Waals surface area contributed by atoms with Crippen LogP contribution < -0.4 is 14.8 Å². The summed E-state index contributed by atoms with van der Waals surface area (Å²) >= 11 is 1.13. The van der Waals surface area contributed by atoms with E-state index in [0.29, 0.717) is 23.8 Å². The van der Waals surface area contributed by atoms with Crippen molar-refractivity contribution in [1.29, 1.82) is 0 Å². The monoisotopic (exact) mass is 400 g/mol. The minimum Gasteiger partial charge on any atom is -0.493 e. The van der Waals surface area contributed by atoms with E-state index < -0.39 is 0 Å². The number of carbonyl (C=O) groups excluding carboxylic acids is 2. The van der Waals surface area contributed by atoms with Gasteiger partial charge >= 0.3 is 0 Å². The van der Waals surface area contributed by atoms with Crippen LogP contribution in [-0.4, -0.2) is 43.9 Å². The molecule has 0 aliphatic rings. The molecular formula is C21H24N2O4S. The van der Waals surface area contributed by atoms with Gasteiger partial charge in [0.15, 0.2) is 11.5 Å². The Morgan fingerprint density at radius 3 is 2.43 bits per heavy atom. The maximum absolute atomic E-state index is 12.2. The maximum Gasteiger partial charge on any atom is 0.285 e. The second kappa shape index (κ2) is 10.4. The third kappa shape index (κ3) is 6.35. The summed E-state index contributed by atoms with van der Waals surface area (Å²) in [7, 11) is 4.99. The van der Waals surface area contributed by atoms with Gasteiger partial charge in [-0.1, -0.05) is 6.07 Å². The summed E-state index contributed by atoms with van der Waals surface area (Å²) in [6.07, 6.45) is 3.16. The lowest BCUT2D eigenvalue weighted by Gasteiger charge is -2.10. The van der Waals surface area contributed by atoms with Crippen LogP contribution in [0.25, 0.3) is 6.08 Å². The molecule has 0 saturated carbocycles. The molecule has 7 heteroatoms. The van der Waals surface area contributed by atoms with Crippen molar-refractivity contribution < 1.29 is 19.1 Å². The van der Waals surface area contributed by atoms with E-state index in [1.807, 2.05) is 19.1 Å². The zero-order chi connectivity index (χ0) is 20.5. The predicted octanol–water partition coefficient (Wildman–Crippen LogP) is 4.52. The molecule has 2 amide bonds. The fraction of sp³-hybridized carbons (Fsp3) is 0.238. The van der Waals surface area contributed by atoms with E-state index in [9.17, 15) is 9.59 Å². The summed E-state index contributed by atoms with van der Waals surface area (Å²) < 4.78 is 10.8. The van der Waals surface area contributed by atoms with Crippen molar-refractivity contribution in [3.8, 4) is 11.5 Å². The summed E-state index contributed by atoms with van der Waals surface area (Å²) in [5, 5.41) is 2.74. The van der Waals surface area contributed by atoms with Gasteiger partial charge in [0.2, 0.25) is 5.91 Å². The van der Waals surface area contributed by atoms with Gasteiger partial charge in [0, 0.05) is 30.8 Å². The number of carbonyl (C=O) groups is 2. The quantitative estimate of drug-likeness (QED) is 0.547. The first-order valence-electron chi connectivity index (χ1n) is 8.72. The van der Waals surface area contributed by atoms with Gasteiger partial charge in [-0.2, -0.15) is 0 Å². The van der Waals surface area contributed by atoms with Crippen LogP contribution in [0.1, 0.15) is 12.5 Å². The molecule has 0 atom stereocenters. The highest BCUT2D eigenvalue weighted by molar-refractivity contribution is 8.13. The molecule has 0 saturated heterocycles. The summed E-state index contributed by atoms with van der Waals surface area (Å²) in [5.74, 6) is 1.03. The molecule has 0 aromatic heterocycles. The van der Waals surface area contributed by atoms with E-state index >= 15 is 0 Å². The number of anilines is 1. The van der Waals surface area contributed by atoms with Crippen molar-refractivity contribution in [2.75, 3.05) is 33.1 Å². The van der Waals surface area contributed by atoms with Crippen molar-refractivity contribution in [2.24, 2.45) is 0 Å². The van der Waals surface area contributed by atoms with E-state index in [1.165, 1.54) is 11.0 Å². The number of rotatable bonds is 7. The average molecular weight is 401 g/mol. The van der Waals surface area contributed by atoms with Crippen LogP contribution in [0.4, 0.5) is 10.5 Å². The van der Waals surface area contributed by atoms with Gasteiger partial charge < -0.3 is 19.7 Å². The summed E-state index contributed by atoms with van der Waals surface area (Å²) in [4.78, 5) is 26.2. The second-order valence-corrected chi connectivity index (χ2v) is 6.98. The normalized spacial score (nSPS) is 10.6. The Kier molecular flexibility index (Phi) is 7.95. The smallest absolute Gasteiger partial charge is 0.285 e. The Bertz CT molecular complexity index is 848. The standard InChI is InChI=1S/C21H24N2O4S/c1-5-27-19-14-15(6-12-18(19)26-4)7-13-20(24)22-16-8-10-17(11-9-16)28-21(25)23(2)3/h6-14H,5H2,1-4H3,(H,22,24)/b13-7+. The van der Waals surface area contributed by atoms with Crippen LogP contribution in [0.5, 0.6) is 11.5 Å². The Morgan fingerprint density at radius 2 is 1.82 bits per heavy atom. The van der Waals surface area contributed by atoms with Crippen LogP contribution in [0.2, 0.25) is 0 Å². The molecule has 0 spiro atoms. The second-order valence-electron chi connectivity index (χ2n) is 5.95. The van der Waals surface area contributed by atoms with Gasteiger partial charge in [-0.05, 0) is 66.7 Å². The lowest BCUT2D eigenvalue weighted by Crippen LogP contribution is -2.16. The van der Waals surface area contributed by atoms with Gasteiger partial charge in [0.25, 0.3) is 5.24 Å². The summed E-state index contributed by atoms with van der Waals surface area (Å²) in [6.45, 7) is 2.42. The SMILES string of the molecule is CCOc1cc(/C=C/C(=O)Nc2ccc(SC(=O)N(C)C)cc2)ccc1OC. The number of nitrogens with zero attached hydrogens (tertiary/aromatic N) is 1. The summed E-state index contributed by atoms with van der Waals surface area (Å²) in [6, 6.07) is 12.6. The highest BCUT2D eigenvalue weighted by Gasteiger charge is 2.07. The molecule has 0 bridgehead atoms. The number of ether oxygens (including phenoxy) is 2. The van der Waals surface area contributed by atoms with E-state index in [-0.39, 0.29) is 11.1 Å². The zero-order valence-corrected chi connectivity index (χ0v) is 17.2. The third-order valence-corrected chi connectivity index (χ3v) is 4.65. The average Bonchev–Trinajstić information content (AvgIpc) is 2.68. The number of nitrogens with one attached hydrogen (secondary N) is 1. The van der Waals surface area contributed by atoms with Crippen LogP contribution in [0, 0.1) is 0 Å². The molecule has 148 valence electrons. The lowest BCUT2D eigenvalue weighted by molar-refractivity contribution is -0.111. The minimum absolute atomic E-state index is 0.0503. The highest BCUT2D eigenvalue weighted by atomic mass is 32.2. The number of thioether (sulfide) groups is 1. The minimum atomic E-state index is -0.251. The van der Waals surface area contributed by atoms with Crippen LogP contribution in [0.15, 0.2) is 53.4 Å². The first kappa shape index (κ1) is 21.4. The van der Waals surface area contributed by atoms with Crippen molar-refractivity contribution in [3.63, 3.8) is 0 Å². The molecule has 1 N–H and O–H groups in total. The molecule has 0 aliphatic carbocycles. The third-order valence-electron chi connectivity index (χ3n) is 3.61. The Morgan fingerprint density at radius 1 is 1.11 bits per heavy atom. The van der Waals surface area contributed by atoms with Crippen LogP contribution >= 0.6 is 11.8 Å². The highest BCUT2D eigenvalue weighted by Crippen LogP contribution is 2.28. The molecule has 0 radical (unpaired) electrons. The van der Waals surface area contributed by atoms with Crippen LogP contribution in [0.3, 0.4) is 0 Å². The predicted molar refractivity (Wildman–Crippen MR) is 113 cm³/mol. The fourth-order valence-corrected chi connectivity index (χ4v) is 2.88. The molecule has 6 nitrogen and oxygen atoms in total. The topological polar surface area (TPSA) is 67.9 Å². The van der Waals surface area contributed by atoms with Gasteiger partial charge in [-0.3, -0.25) is 9.59 Å². The van der Waals surface area contributed by atoms with Gasteiger partial charge in [0.1, 0.15) is 0 Å². The largest absolute Gasteiger partial charge is 0.493 e. The van der Waals surface area contributed by atoms with E-state index in [2.05, 4.69) is 5.32 Å². The first-order chi connectivity index (χ1) is 13.4. The number of amides is 2. The Hall–Kier alpha value is -2.93. The Balaban J connectivity index is 1.98. The summed E-state index contributed by atoms with van der Waals surface area (Å²) in [5.41, 5.74) is 1.48. The van der Waals surface area contributed by atoms with E-state index in [4.69, 9.17) is 9.47 Å². The fourth-order valence-electron chi connectivity index (χ4n) is 2.22. The van der Waals surface area contributed by atoms with Gasteiger partial charge in [0.05, 0.1) is 13.7 Å². The lowest BCUT2D eigenvalue weighted by atomic mass is 10.2. The molecule has 2 aromatic carbocycles. The van der Waals surface area contributed by atoms with Gasteiger partial charge in [-0.25, -0.2) is 0 Å². The molecule has 0 fully saturated rings. The van der Waals surface area contributed by atoms with Crippen molar-refractivity contribution in [1.82, 2.24) is 4.90 Å². The number of hydrogen-bond donors (Lipinski definition) is 1. The molecule has 0 aliphatic heterocycles. The van der Waals surface area contributed by atoms with Crippen molar-refractivity contribution >= 4 is 34.7 Å². The zero-order valence-electron chi connectivity index (χ0n) is 16.4.